The van der Waals surface area contributed by atoms with Crippen molar-refractivity contribution < 1.29 is 13.6 Å². The number of hydrogen-bond acceptors (Lipinski definition) is 4. The predicted molar refractivity (Wildman–Crippen MR) is 123 cm³/mol. The van der Waals surface area contributed by atoms with Gasteiger partial charge in [0.05, 0.1) is 6.20 Å². The highest BCUT2D eigenvalue weighted by Crippen LogP contribution is 2.46. The molecule has 0 saturated heterocycles. The number of amides is 1. The van der Waals surface area contributed by atoms with Crippen LogP contribution in [-0.2, 0) is 17.3 Å². The van der Waals surface area contributed by atoms with Gasteiger partial charge >= 0.3 is 0 Å². The molecule has 0 saturated carbocycles. The highest BCUT2D eigenvalue weighted by molar-refractivity contribution is 6.28. The molecule has 7 heteroatoms. The highest BCUT2D eigenvalue weighted by atomic mass is 35.5. The quantitative estimate of drug-likeness (QED) is 0.464. The summed E-state index contributed by atoms with van der Waals surface area (Å²) >= 11 is 5.68. The van der Waals surface area contributed by atoms with Crippen LogP contribution in [0.5, 0.6) is 0 Å². The van der Waals surface area contributed by atoms with Crippen molar-refractivity contribution in [3.05, 3.63) is 75.3 Å². The maximum absolute atomic E-state index is 13.8. The molecule has 0 fully saturated rings. The summed E-state index contributed by atoms with van der Waals surface area (Å²) in [5.74, 6) is -0.929. The Morgan fingerprint density at radius 2 is 1.81 bits per heavy atom. The Hall–Kier alpha value is -2.73. The first-order chi connectivity index (χ1) is 15.0. The minimum Gasteiger partial charge on any atom is -0.456 e. The lowest BCUT2D eigenvalue weighted by Crippen LogP contribution is -2.34. The van der Waals surface area contributed by atoms with Gasteiger partial charge in [-0.15, -0.1) is 0 Å². The smallest absolute Gasteiger partial charge is 0.292 e. The average Bonchev–Trinajstić information content (AvgIpc) is 3.18. The number of carbonyl (C=O) groups is 1. The van der Waals surface area contributed by atoms with Crippen molar-refractivity contribution in [3.8, 4) is 0 Å². The van der Waals surface area contributed by atoms with E-state index in [9.17, 15) is 9.18 Å². The molecule has 168 valence electrons. The number of carbonyl (C=O) groups excluding carboxylic acids is 1. The van der Waals surface area contributed by atoms with Crippen LogP contribution in [0.15, 0.2) is 34.9 Å². The number of furan rings is 1. The molecule has 1 aliphatic rings. The Bertz CT molecular complexity index is 1200. The molecular formula is C25H27ClFN3O2. The summed E-state index contributed by atoms with van der Waals surface area (Å²) in [6.45, 7) is 11.3. The monoisotopic (exact) mass is 455 g/mol. The zero-order valence-corrected chi connectivity index (χ0v) is 19.7. The number of nitrogens with zero attached hydrogens (tertiary/aromatic N) is 2. The second-order valence-electron chi connectivity index (χ2n) is 9.82. The van der Waals surface area contributed by atoms with Gasteiger partial charge < -0.3 is 9.73 Å². The first kappa shape index (κ1) is 22.5. The van der Waals surface area contributed by atoms with E-state index in [0.717, 1.165) is 12.6 Å². The van der Waals surface area contributed by atoms with E-state index in [-0.39, 0.29) is 27.7 Å². The third-order valence-corrected chi connectivity index (χ3v) is 6.69. The van der Waals surface area contributed by atoms with Gasteiger partial charge in [-0.1, -0.05) is 39.8 Å². The fourth-order valence-corrected chi connectivity index (χ4v) is 4.48. The number of aryl methyl sites for hydroxylation is 1. The molecule has 5 nitrogen and oxygen atoms in total. The molecule has 1 aromatic carbocycles. The van der Waals surface area contributed by atoms with Gasteiger partial charge in [0.2, 0.25) is 5.28 Å². The first-order valence-corrected chi connectivity index (χ1v) is 11.1. The standard InChI is InChI=1S/C25H27ClFN3O2/c1-14-10-17-18(25(4,5)9-8-24(17,2)3)12-15(14)11-16-6-7-20(32-16)22(31)29-21-19(27)13-28-23(26)30-21/h6-7,10,12-13H,8-9,11H2,1-5H3,(H,28,29,30,31). The van der Waals surface area contributed by atoms with E-state index >= 15 is 0 Å². The Kier molecular flexibility index (Phi) is 5.61. The highest BCUT2D eigenvalue weighted by Gasteiger charge is 2.37. The minimum atomic E-state index is -0.773. The van der Waals surface area contributed by atoms with Crippen molar-refractivity contribution in [1.29, 1.82) is 0 Å². The molecular weight excluding hydrogens is 429 g/mol. The van der Waals surface area contributed by atoms with Crippen molar-refractivity contribution in [2.24, 2.45) is 0 Å². The van der Waals surface area contributed by atoms with E-state index < -0.39 is 11.7 Å². The van der Waals surface area contributed by atoms with E-state index in [1.54, 1.807) is 12.1 Å². The summed E-state index contributed by atoms with van der Waals surface area (Å²) in [5.41, 5.74) is 5.45. The lowest BCUT2D eigenvalue weighted by molar-refractivity contribution is 0.0994. The van der Waals surface area contributed by atoms with Gasteiger partial charge in [-0.25, -0.2) is 9.37 Å². The van der Waals surface area contributed by atoms with Crippen molar-refractivity contribution >= 4 is 23.3 Å². The second-order valence-corrected chi connectivity index (χ2v) is 10.2. The third-order valence-electron chi connectivity index (χ3n) is 6.51. The molecule has 0 aliphatic heterocycles. The van der Waals surface area contributed by atoms with Crippen LogP contribution in [0.3, 0.4) is 0 Å². The zero-order valence-electron chi connectivity index (χ0n) is 19.0. The summed E-state index contributed by atoms with van der Waals surface area (Å²) in [4.78, 5) is 19.7. The molecule has 1 N–H and O–H groups in total. The van der Waals surface area contributed by atoms with Gasteiger partial charge in [-0.05, 0) is 76.6 Å². The van der Waals surface area contributed by atoms with Gasteiger partial charge in [0.15, 0.2) is 17.4 Å². The summed E-state index contributed by atoms with van der Waals surface area (Å²) in [6, 6.07) is 7.95. The third kappa shape index (κ3) is 4.29. The largest absolute Gasteiger partial charge is 0.456 e. The van der Waals surface area contributed by atoms with Crippen LogP contribution in [0.4, 0.5) is 10.2 Å². The van der Waals surface area contributed by atoms with Crippen molar-refractivity contribution in [2.45, 2.75) is 64.7 Å². The maximum atomic E-state index is 13.8. The Labute approximate surface area is 192 Å². The topological polar surface area (TPSA) is 68.0 Å². The predicted octanol–water partition coefficient (Wildman–Crippen LogP) is 6.36. The number of benzene rings is 1. The van der Waals surface area contributed by atoms with E-state index in [0.29, 0.717) is 12.2 Å². The van der Waals surface area contributed by atoms with E-state index in [2.05, 4.69) is 62.0 Å². The minimum absolute atomic E-state index is 0.0752. The Morgan fingerprint density at radius 3 is 2.50 bits per heavy atom. The van der Waals surface area contributed by atoms with Gasteiger partial charge in [0.1, 0.15) is 5.76 Å². The molecule has 2 aromatic heterocycles. The maximum Gasteiger partial charge on any atom is 0.292 e. The Balaban J connectivity index is 1.57. The fraction of sp³-hybridized carbons (Fsp3) is 0.400. The molecule has 32 heavy (non-hydrogen) atoms. The number of anilines is 1. The molecule has 3 aromatic rings. The Morgan fingerprint density at radius 1 is 1.16 bits per heavy atom. The summed E-state index contributed by atoms with van der Waals surface area (Å²) in [6.07, 6.45) is 3.78. The van der Waals surface area contributed by atoms with Crippen LogP contribution in [0.2, 0.25) is 5.28 Å². The molecule has 1 aliphatic carbocycles. The van der Waals surface area contributed by atoms with Crippen LogP contribution in [0.1, 0.15) is 79.1 Å². The molecule has 0 spiro atoms. The number of rotatable bonds is 4. The van der Waals surface area contributed by atoms with Crippen molar-refractivity contribution in [3.63, 3.8) is 0 Å². The summed E-state index contributed by atoms with van der Waals surface area (Å²) < 4.78 is 19.6. The van der Waals surface area contributed by atoms with Crippen LogP contribution in [0, 0.1) is 12.7 Å². The van der Waals surface area contributed by atoms with Gasteiger partial charge in [0, 0.05) is 6.42 Å². The van der Waals surface area contributed by atoms with Gasteiger partial charge in [-0.3, -0.25) is 4.79 Å². The average molecular weight is 456 g/mol. The molecule has 0 bridgehead atoms. The number of hydrogen-bond donors (Lipinski definition) is 1. The number of halogens is 2. The first-order valence-electron chi connectivity index (χ1n) is 10.7. The van der Waals surface area contributed by atoms with E-state index in [1.165, 1.54) is 28.7 Å². The zero-order chi connectivity index (χ0) is 23.3. The van der Waals surface area contributed by atoms with Crippen LogP contribution < -0.4 is 5.32 Å². The second kappa shape index (κ2) is 8.00. The molecule has 1 amide bonds. The van der Waals surface area contributed by atoms with Gasteiger partial charge in [-0.2, -0.15) is 4.98 Å². The molecule has 2 heterocycles. The number of fused-ring (bicyclic) bond motifs is 1. The summed E-state index contributed by atoms with van der Waals surface area (Å²) in [7, 11) is 0. The van der Waals surface area contributed by atoms with E-state index in [4.69, 9.17) is 16.0 Å². The fourth-order valence-electron chi connectivity index (χ4n) is 4.34. The molecule has 0 unspecified atom stereocenters. The molecule has 0 atom stereocenters. The van der Waals surface area contributed by atoms with Crippen LogP contribution in [0.25, 0.3) is 0 Å². The van der Waals surface area contributed by atoms with Crippen LogP contribution in [-0.4, -0.2) is 15.9 Å². The lowest BCUT2D eigenvalue weighted by atomic mass is 9.62. The molecule has 4 rings (SSSR count). The van der Waals surface area contributed by atoms with Gasteiger partial charge in [0.25, 0.3) is 5.91 Å². The number of nitrogens with one attached hydrogen (secondary N) is 1. The molecule has 0 radical (unpaired) electrons. The van der Waals surface area contributed by atoms with Crippen molar-refractivity contribution in [1.82, 2.24) is 9.97 Å². The van der Waals surface area contributed by atoms with E-state index in [1.807, 2.05) is 0 Å². The van der Waals surface area contributed by atoms with Crippen LogP contribution >= 0.6 is 11.6 Å². The summed E-state index contributed by atoms with van der Waals surface area (Å²) in [5, 5.41) is 2.22. The normalized spacial score (nSPS) is 16.5. The lowest BCUT2D eigenvalue weighted by Gasteiger charge is -2.42. The SMILES string of the molecule is Cc1cc2c(cc1Cc1ccc(C(=O)Nc3nc(Cl)ncc3F)o1)C(C)(C)CCC2(C)C. The number of aromatic nitrogens is 2. The van der Waals surface area contributed by atoms with Crippen molar-refractivity contribution in [2.75, 3.05) is 5.32 Å².